The van der Waals surface area contributed by atoms with E-state index in [-0.39, 0.29) is 17.9 Å². The predicted octanol–water partition coefficient (Wildman–Crippen LogP) is 5.75. The van der Waals surface area contributed by atoms with E-state index in [1.807, 2.05) is 30.9 Å². The van der Waals surface area contributed by atoms with Gasteiger partial charge in [-0.15, -0.1) is 0 Å². The Morgan fingerprint density at radius 3 is 2.26 bits per heavy atom. The summed E-state index contributed by atoms with van der Waals surface area (Å²) in [6.07, 6.45) is 8.85. The molecule has 0 spiro atoms. The topological polar surface area (TPSA) is 125 Å². The Balaban J connectivity index is 1.25. The van der Waals surface area contributed by atoms with Crippen LogP contribution >= 0.6 is 0 Å². The Hall–Kier alpha value is -4.66. The van der Waals surface area contributed by atoms with Crippen LogP contribution in [0.15, 0.2) is 72.0 Å². The number of piperidine rings is 1. The molecule has 1 aliphatic carbocycles. The Morgan fingerprint density at radius 2 is 1.65 bits per heavy atom. The maximum atomic E-state index is 13.6. The number of rotatable bonds is 10. The molecule has 1 aromatic heterocycles. The molecule has 43 heavy (non-hydrogen) atoms. The van der Waals surface area contributed by atoms with Gasteiger partial charge < -0.3 is 26.6 Å². The molecule has 224 valence electrons. The molecule has 5 rings (SSSR count). The maximum Gasteiger partial charge on any atom is 0.257 e. The fourth-order valence-corrected chi connectivity index (χ4v) is 5.36. The number of carbonyl (C=O) groups is 2. The van der Waals surface area contributed by atoms with Gasteiger partial charge in [0.1, 0.15) is 5.82 Å². The number of benzene rings is 2. The summed E-state index contributed by atoms with van der Waals surface area (Å²) >= 11 is 0. The van der Waals surface area contributed by atoms with Gasteiger partial charge in [0.15, 0.2) is 0 Å². The molecule has 2 heterocycles. The zero-order valence-corrected chi connectivity index (χ0v) is 25.1. The number of amides is 2. The van der Waals surface area contributed by atoms with Crippen molar-refractivity contribution < 1.29 is 9.59 Å². The molecule has 0 radical (unpaired) electrons. The Morgan fingerprint density at radius 1 is 0.953 bits per heavy atom. The van der Waals surface area contributed by atoms with Crippen LogP contribution < -0.4 is 21.7 Å². The normalized spacial score (nSPS) is 16.0. The van der Waals surface area contributed by atoms with Crippen LogP contribution in [0.4, 0.5) is 17.2 Å². The van der Waals surface area contributed by atoms with E-state index in [9.17, 15) is 9.59 Å². The third-order valence-corrected chi connectivity index (χ3v) is 7.86. The van der Waals surface area contributed by atoms with Crippen molar-refractivity contribution in [3.8, 4) is 0 Å². The minimum Gasteiger partial charge on any atom is -0.404 e. The smallest absolute Gasteiger partial charge is 0.257 e. The molecule has 1 saturated carbocycles. The van der Waals surface area contributed by atoms with Crippen molar-refractivity contribution in [2.75, 3.05) is 36.1 Å². The van der Waals surface area contributed by atoms with Gasteiger partial charge in [0.2, 0.25) is 0 Å². The van der Waals surface area contributed by atoms with Crippen molar-refractivity contribution in [3.05, 3.63) is 89.2 Å². The van der Waals surface area contributed by atoms with Crippen molar-refractivity contribution in [2.45, 2.75) is 57.5 Å². The van der Waals surface area contributed by atoms with Gasteiger partial charge in [-0.3, -0.25) is 14.6 Å². The van der Waals surface area contributed by atoms with Gasteiger partial charge in [-0.05, 0) is 86.9 Å². The second kappa shape index (κ2) is 13.5. The summed E-state index contributed by atoms with van der Waals surface area (Å²) in [4.78, 5) is 37.1. The first-order valence-corrected chi connectivity index (χ1v) is 15.0. The Kier molecular flexibility index (Phi) is 9.39. The van der Waals surface area contributed by atoms with Crippen molar-refractivity contribution in [1.82, 2.24) is 9.88 Å². The number of hydrogen-bond donors (Lipinski definition) is 4. The molecule has 2 aromatic carbocycles. The van der Waals surface area contributed by atoms with Gasteiger partial charge in [-0.1, -0.05) is 24.3 Å². The predicted molar refractivity (Wildman–Crippen MR) is 175 cm³/mol. The molecule has 0 atom stereocenters. The van der Waals surface area contributed by atoms with E-state index in [0.717, 1.165) is 48.3 Å². The van der Waals surface area contributed by atoms with Crippen molar-refractivity contribution in [2.24, 2.45) is 10.7 Å². The zero-order chi connectivity index (χ0) is 30.3. The minimum atomic E-state index is -0.269. The fourth-order valence-electron chi connectivity index (χ4n) is 5.36. The number of anilines is 3. The molecule has 9 heteroatoms. The molecule has 1 saturated heterocycles. The first-order valence-electron chi connectivity index (χ1n) is 15.0. The van der Waals surface area contributed by atoms with Crippen molar-refractivity contribution in [3.63, 3.8) is 0 Å². The lowest BCUT2D eigenvalue weighted by molar-refractivity contribution is 0.0712. The van der Waals surface area contributed by atoms with Crippen LogP contribution in [0.5, 0.6) is 0 Å². The number of allylic oxidation sites excluding steroid dienone is 1. The fraction of sp³-hybridized carbons (Fsp3) is 0.353. The van der Waals surface area contributed by atoms with E-state index in [1.165, 1.54) is 5.56 Å². The summed E-state index contributed by atoms with van der Waals surface area (Å²) in [5.74, 6) is 0.814. The second-order valence-corrected chi connectivity index (χ2v) is 11.6. The van der Waals surface area contributed by atoms with E-state index < -0.39 is 0 Å². The molecule has 2 amide bonds. The van der Waals surface area contributed by atoms with Gasteiger partial charge in [0, 0.05) is 62.0 Å². The number of hydrogen-bond acceptors (Lipinski definition) is 7. The first kappa shape index (κ1) is 29.8. The minimum absolute atomic E-state index is 0.0235. The number of nitrogens with two attached hydrogens (primary N) is 1. The first-order chi connectivity index (χ1) is 20.8. The summed E-state index contributed by atoms with van der Waals surface area (Å²) in [6.45, 7) is 5.42. The summed E-state index contributed by atoms with van der Waals surface area (Å²) in [7, 11) is 1.73. The highest BCUT2D eigenvalue weighted by Crippen LogP contribution is 2.33. The summed E-state index contributed by atoms with van der Waals surface area (Å²) in [6, 6.07) is 18.2. The van der Waals surface area contributed by atoms with E-state index in [4.69, 9.17) is 5.73 Å². The van der Waals surface area contributed by atoms with Crippen molar-refractivity contribution >= 4 is 40.8 Å². The van der Waals surface area contributed by atoms with Crippen LogP contribution in [-0.4, -0.2) is 60.1 Å². The number of carbonyl (C=O) groups excluding carboxylic acids is 2. The molecule has 1 aliphatic heterocycles. The van der Waals surface area contributed by atoms with Crippen molar-refractivity contribution in [1.29, 1.82) is 0 Å². The van der Waals surface area contributed by atoms with Gasteiger partial charge in [0.05, 0.1) is 16.9 Å². The van der Waals surface area contributed by atoms with Gasteiger partial charge in [0.25, 0.3) is 11.8 Å². The molecule has 3 aromatic rings. The average molecular weight is 580 g/mol. The van der Waals surface area contributed by atoms with Crippen LogP contribution in [0, 0.1) is 0 Å². The van der Waals surface area contributed by atoms with Crippen LogP contribution in [0.3, 0.4) is 0 Å². The highest BCUT2D eigenvalue weighted by atomic mass is 16.2. The molecule has 9 nitrogen and oxygen atoms in total. The van der Waals surface area contributed by atoms with Crippen LogP contribution in [0.25, 0.3) is 5.57 Å². The summed E-state index contributed by atoms with van der Waals surface area (Å²) < 4.78 is 0. The molecular formula is C34H41N7O2. The molecule has 0 unspecified atom stereocenters. The monoisotopic (exact) mass is 579 g/mol. The molecule has 5 N–H and O–H groups in total. The number of aromatic nitrogens is 1. The van der Waals surface area contributed by atoms with Gasteiger partial charge >= 0.3 is 0 Å². The molecule has 2 aliphatic rings. The van der Waals surface area contributed by atoms with E-state index >= 15 is 0 Å². The highest BCUT2D eigenvalue weighted by Gasteiger charge is 2.27. The summed E-state index contributed by atoms with van der Waals surface area (Å²) in [5, 5.41) is 9.73. The number of nitrogens with zero attached hydrogens (tertiary/aromatic N) is 3. The average Bonchev–Trinajstić information content (AvgIpc) is 3.85. The Bertz CT molecular complexity index is 1480. The third-order valence-electron chi connectivity index (χ3n) is 7.86. The maximum absolute atomic E-state index is 13.6. The lowest BCUT2D eigenvalue weighted by Gasteiger charge is -2.32. The number of likely N-dealkylation sites (tertiary alicyclic amines) is 1. The largest absolute Gasteiger partial charge is 0.404 e. The van der Waals surface area contributed by atoms with E-state index in [0.29, 0.717) is 41.9 Å². The summed E-state index contributed by atoms with van der Waals surface area (Å²) in [5.41, 5.74) is 11.4. The number of nitrogens with one attached hydrogen (secondary N) is 3. The standard InChI is InChI=1S/C34H41N7O2/c1-22(2)38-32-13-9-27(21-37-32)33(42)40-31-18-26(8-12-30(31)39-29-10-11-29)34(43)41-16-14-25(15-17-41)23-4-6-24(7-5-23)28(19-35)20-36-3/h4-9,12-13,18-22,25,29,39H,10-11,14-17,35H2,1-3H3,(H,37,38)(H,40,42). The quantitative estimate of drug-likeness (QED) is 0.227. The van der Waals surface area contributed by atoms with Gasteiger partial charge in [-0.2, -0.15) is 0 Å². The zero-order valence-electron chi connectivity index (χ0n) is 25.1. The van der Waals surface area contributed by atoms with Crippen LogP contribution in [-0.2, 0) is 0 Å². The third kappa shape index (κ3) is 7.60. The number of aliphatic imine (C=N–C) groups is 1. The number of pyridine rings is 1. The van der Waals surface area contributed by atoms with E-state index in [1.54, 1.807) is 43.9 Å². The Labute approximate surface area is 253 Å². The lowest BCUT2D eigenvalue weighted by Crippen LogP contribution is -2.38. The van der Waals surface area contributed by atoms with E-state index in [2.05, 4.69) is 50.2 Å². The molecular weight excluding hydrogens is 538 g/mol. The second-order valence-electron chi connectivity index (χ2n) is 11.6. The van der Waals surface area contributed by atoms with Crippen LogP contribution in [0.2, 0.25) is 0 Å². The van der Waals surface area contributed by atoms with Gasteiger partial charge in [-0.25, -0.2) is 4.98 Å². The molecule has 2 fully saturated rings. The highest BCUT2D eigenvalue weighted by molar-refractivity contribution is 6.09. The molecule has 0 bridgehead atoms. The van der Waals surface area contributed by atoms with Crippen LogP contribution in [0.1, 0.15) is 77.3 Å². The lowest BCUT2D eigenvalue weighted by atomic mass is 9.88. The SMILES string of the molecule is CN=CC(=CN)c1ccc(C2CCN(C(=O)c3ccc(NC4CC4)c(NC(=O)c4ccc(NC(C)C)nc4)c3)CC2)cc1.